The fourth-order valence-corrected chi connectivity index (χ4v) is 2.57. The smallest absolute Gasteiger partial charge is 0.180 e. The van der Waals surface area contributed by atoms with Gasteiger partial charge in [-0.15, -0.1) is 11.6 Å². The van der Waals surface area contributed by atoms with Gasteiger partial charge in [0.05, 0.1) is 17.3 Å². The largest absolute Gasteiger partial charge is 0.485 e. The highest BCUT2D eigenvalue weighted by atomic mass is 35.5. The van der Waals surface area contributed by atoms with Crippen LogP contribution in [0.1, 0.15) is 17.0 Å². The zero-order valence-electron chi connectivity index (χ0n) is 11.5. The zero-order valence-corrected chi connectivity index (χ0v) is 12.3. The van der Waals surface area contributed by atoms with Gasteiger partial charge in [-0.05, 0) is 25.1 Å². The van der Waals surface area contributed by atoms with E-state index in [9.17, 15) is 4.39 Å². The number of hydrogen-bond acceptors (Lipinski definition) is 2. The van der Waals surface area contributed by atoms with E-state index in [0.717, 1.165) is 11.4 Å². The summed E-state index contributed by atoms with van der Waals surface area (Å²) in [6.45, 7) is 2.07. The summed E-state index contributed by atoms with van der Waals surface area (Å²) >= 11 is 5.95. The molecule has 0 saturated heterocycles. The topological polar surface area (TPSA) is 26.5 Å². The van der Waals surface area contributed by atoms with Gasteiger partial charge in [0.1, 0.15) is 12.4 Å². The standard InChI is InChI=1S/C16H14ClFN2O/c1-11-14(9-17)20-8-4-7-15(16(20)19-11)21-10-12-5-2-3-6-13(12)18/h2-8H,9-10H2,1H3. The van der Waals surface area contributed by atoms with Crippen molar-refractivity contribution in [3.63, 3.8) is 0 Å². The fourth-order valence-electron chi connectivity index (χ4n) is 2.25. The molecule has 0 unspecified atom stereocenters. The Hall–Kier alpha value is -2.07. The molecule has 0 bridgehead atoms. The van der Waals surface area contributed by atoms with Crippen molar-refractivity contribution in [2.24, 2.45) is 0 Å². The van der Waals surface area contributed by atoms with Crippen molar-refractivity contribution in [2.45, 2.75) is 19.4 Å². The van der Waals surface area contributed by atoms with Crippen LogP contribution in [0.25, 0.3) is 5.65 Å². The highest BCUT2D eigenvalue weighted by molar-refractivity contribution is 6.17. The Balaban J connectivity index is 1.93. The molecule has 0 aliphatic heterocycles. The lowest BCUT2D eigenvalue weighted by molar-refractivity contribution is 0.301. The number of pyridine rings is 1. The summed E-state index contributed by atoms with van der Waals surface area (Å²) in [7, 11) is 0. The molecule has 0 spiro atoms. The van der Waals surface area contributed by atoms with Crippen molar-refractivity contribution in [1.29, 1.82) is 0 Å². The minimum Gasteiger partial charge on any atom is -0.485 e. The molecule has 0 aliphatic rings. The summed E-state index contributed by atoms with van der Waals surface area (Å²) in [5.41, 5.74) is 3.01. The van der Waals surface area contributed by atoms with E-state index in [0.29, 0.717) is 22.8 Å². The molecule has 1 aromatic carbocycles. The number of nitrogens with zero attached hydrogens (tertiary/aromatic N) is 2. The third-order valence-corrected chi connectivity index (χ3v) is 3.63. The maximum Gasteiger partial charge on any atom is 0.180 e. The van der Waals surface area contributed by atoms with Gasteiger partial charge in [0.25, 0.3) is 0 Å². The van der Waals surface area contributed by atoms with Crippen LogP contribution < -0.4 is 4.74 Å². The first-order chi connectivity index (χ1) is 10.2. The van der Waals surface area contributed by atoms with Gasteiger partial charge in [0, 0.05) is 11.8 Å². The second-order valence-corrected chi connectivity index (χ2v) is 4.99. The van der Waals surface area contributed by atoms with Crippen molar-refractivity contribution in [2.75, 3.05) is 0 Å². The number of hydrogen-bond donors (Lipinski definition) is 0. The number of halogens is 2. The minimum atomic E-state index is -0.273. The number of imidazole rings is 1. The number of benzene rings is 1. The molecular formula is C16H14ClFN2O. The zero-order chi connectivity index (χ0) is 14.8. The summed E-state index contributed by atoms with van der Waals surface area (Å²) in [6.07, 6.45) is 1.89. The number of aromatic nitrogens is 2. The van der Waals surface area contributed by atoms with Crippen LogP contribution in [0.3, 0.4) is 0 Å². The number of ether oxygens (including phenoxy) is 1. The lowest BCUT2D eigenvalue weighted by Gasteiger charge is -2.08. The average Bonchev–Trinajstić information content (AvgIpc) is 2.82. The van der Waals surface area contributed by atoms with Crippen molar-refractivity contribution < 1.29 is 9.13 Å². The van der Waals surface area contributed by atoms with Crippen LogP contribution in [0.4, 0.5) is 4.39 Å². The first-order valence-electron chi connectivity index (χ1n) is 6.59. The van der Waals surface area contributed by atoms with Crippen molar-refractivity contribution in [1.82, 2.24) is 9.38 Å². The number of rotatable bonds is 4. The minimum absolute atomic E-state index is 0.161. The summed E-state index contributed by atoms with van der Waals surface area (Å²) < 4.78 is 21.2. The molecule has 0 N–H and O–H groups in total. The fraction of sp³-hybridized carbons (Fsp3) is 0.188. The molecule has 0 aliphatic carbocycles. The Morgan fingerprint density at radius 1 is 1.24 bits per heavy atom. The second-order valence-electron chi connectivity index (χ2n) is 4.72. The molecule has 3 rings (SSSR count). The SMILES string of the molecule is Cc1nc2c(OCc3ccccc3F)cccn2c1CCl. The number of alkyl halides is 1. The maximum absolute atomic E-state index is 13.6. The molecule has 21 heavy (non-hydrogen) atoms. The first-order valence-corrected chi connectivity index (χ1v) is 7.13. The summed E-state index contributed by atoms with van der Waals surface area (Å²) in [5, 5.41) is 0. The highest BCUT2D eigenvalue weighted by Gasteiger charge is 2.12. The first kappa shape index (κ1) is 13.9. The Morgan fingerprint density at radius 2 is 2.05 bits per heavy atom. The van der Waals surface area contributed by atoms with Crippen LogP contribution in [-0.4, -0.2) is 9.38 Å². The van der Waals surface area contributed by atoms with Gasteiger partial charge in [0.2, 0.25) is 0 Å². The Labute approximate surface area is 127 Å². The monoisotopic (exact) mass is 304 g/mol. The predicted octanol–water partition coefficient (Wildman–Crippen LogP) is 4.10. The van der Waals surface area contributed by atoms with Crippen molar-refractivity contribution >= 4 is 17.2 Å². The van der Waals surface area contributed by atoms with Gasteiger partial charge in [0.15, 0.2) is 11.4 Å². The van der Waals surface area contributed by atoms with Gasteiger partial charge in [-0.3, -0.25) is 4.40 Å². The van der Waals surface area contributed by atoms with E-state index in [4.69, 9.17) is 16.3 Å². The molecule has 5 heteroatoms. The van der Waals surface area contributed by atoms with E-state index in [2.05, 4.69) is 4.98 Å². The molecular weight excluding hydrogens is 291 g/mol. The molecule has 0 amide bonds. The third-order valence-electron chi connectivity index (χ3n) is 3.38. The van der Waals surface area contributed by atoms with Gasteiger partial charge < -0.3 is 4.74 Å². The second kappa shape index (κ2) is 5.74. The summed E-state index contributed by atoms with van der Waals surface area (Å²) in [6, 6.07) is 10.3. The van der Waals surface area contributed by atoms with Gasteiger partial charge in [-0.25, -0.2) is 9.37 Å². The van der Waals surface area contributed by atoms with E-state index in [1.54, 1.807) is 18.2 Å². The van der Waals surface area contributed by atoms with E-state index in [1.165, 1.54) is 6.07 Å². The number of fused-ring (bicyclic) bond motifs is 1. The Kier molecular flexibility index (Phi) is 3.80. The van der Waals surface area contributed by atoms with Crippen molar-refractivity contribution in [3.8, 4) is 5.75 Å². The maximum atomic E-state index is 13.6. The van der Waals surface area contributed by atoms with E-state index in [-0.39, 0.29) is 12.4 Å². The van der Waals surface area contributed by atoms with Gasteiger partial charge in [-0.2, -0.15) is 0 Å². The molecule has 0 saturated carbocycles. The Bertz CT molecular complexity index is 785. The van der Waals surface area contributed by atoms with E-state index >= 15 is 0 Å². The molecule has 3 aromatic rings. The van der Waals surface area contributed by atoms with E-state index < -0.39 is 0 Å². The molecule has 108 valence electrons. The quantitative estimate of drug-likeness (QED) is 0.678. The van der Waals surface area contributed by atoms with Crippen LogP contribution in [0, 0.1) is 12.7 Å². The Morgan fingerprint density at radius 3 is 2.81 bits per heavy atom. The lowest BCUT2D eigenvalue weighted by atomic mass is 10.2. The third kappa shape index (κ3) is 2.59. The normalized spacial score (nSPS) is 11.0. The van der Waals surface area contributed by atoms with Crippen LogP contribution in [-0.2, 0) is 12.5 Å². The van der Waals surface area contributed by atoms with Crippen LogP contribution in [0.5, 0.6) is 5.75 Å². The molecule has 3 nitrogen and oxygen atoms in total. The number of aryl methyl sites for hydroxylation is 1. The molecule has 2 aromatic heterocycles. The lowest BCUT2D eigenvalue weighted by Crippen LogP contribution is -2.00. The van der Waals surface area contributed by atoms with Crippen molar-refractivity contribution in [3.05, 3.63) is 65.4 Å². The van der Waals surface area contributed by atoms with Crippen LogP contribution >= 0.6 is 11.6 Å². The van der Waals surface area contributed by atoms with Crippen LogP contribution in [0.15, 0.2) is 42.6 Å². The van der Waals surface area contributed by atoms with Gasteiger partial charge in [-0.1, -0.05) is 18.2 Å². The van der Waals surface area contributed by atoms with Gasteiger partial charge >= 0.3 is 0 Å². The summed E-state index contributed by atoms with van der Waals surface area (Å²) in [5.74, 6) is 0.717. The molecule has 0 fully saturated rings. The molecule has 0 atom stereocenters. The molecule has 0 radical (unpaired) electrons. The van der Waals surface area contributed by atoms with Crippen LogP contribution in [0.2, 0.25) is 0 Å². The average molecular weight is 305 g/mol. The summed E-state index contributed by atoms with van der Waals surface area (Å²) in [4.78, 5) is 4.48. The molecule has 2 heterocycles. The van der Waals surface area contributed by atoms with E-state index in [1.807, 2.05) is 29.7 Å². The predicted molar refractivity (Wildman–Crippen MR) is 80.2 cm³/mol. The highest BCUT2D eigenvalue weighted by Crippen LogP contribution is 2.24.